The third-order valence-electron chi connectivity index (χ3n) is 1.50. The summed E-state index contributed by atoms with van der Waals surface area (Å²) in [4.78, 5) is 14.5. The van der Waals surface area contributed by atoms with E-state index in [9.17, 15) is 18.0 Å². The van der Waals surface area contributed by atoms with Crippen LogP contribution < -0.4 is 4.74 Å². The molecular formula is C9H7ClF3NO3. The molecule has 94 valence electrons. The highest BCUT2D eigenvalue weighted by Crippen LogP contribution is 2.24. The van der Waals surface area contributed by atoms with Gasteiger partial charge < -0.3 is 9.47 Å². The van der Waals surface area contributed by atoms with Crippen molar-refractivity contribution in [3.05, 3.63) is 22.8 Å². The maximum Gasteiger partial charge on any atom is 0.574 e. The molecular weight excluding hydrogens is 263 g/mol. The average Bonchev–Trinajstić information content (AvgIpc) is 2.14. The number of nitrogens with zero attached hydrogens (tertiary/aromatic N) is 1. The molecule has 0 atom stereocenters. The molecule has 0 aliphatic carbocycles. The minimum atomic E-state index is -4.90. The van der Waals surface area contributed by atoms with Crippen LogP contribution in [-0.4, -0.2) is 23.9 Å². The Morgan fingerprint density at radius 2 is 2.12 bits per heavy atom. The number of hydrogen-bond acceptors (Lipinski definition) is 4. The summed E-state index contributed by atoms with van der Waals surface area (Å²) in [6, 6.07) is 1.89. The van der Waals surface area contributed by atoms with Crippen molar-refractivity contribution in [2.45, 2.75) is 13.3 Å². The second-order valence-corrected chi connectivity index (χ2v) is 3.17. The molecule has 4 nitrogen and oxygen atoms in total. The standard InChI is InChI=1S/C9H7ClF3NO3/c1-2-16-8(15)5-3-6(10)14-7(4-5)17-9(11,12)13/h3-4H,2H2,1H3. The Kier molecular flexibility index (Phi) is 4.17. The number of pyridine rings is 1. The van der Waals surface area contributed by atoms with Crippen molar-refractivity contribution in [2.24, 2.45) is 0 Å². The van der Waals surface area contributed by atoms with Crippen LogP contribution in [0.4, 0.5) is 13.2 Å². The highest BCUT2D eigenvalue weighted by atomic mass is 35.5. The van der Waals surface area contributed by atoms with E-state index in [4.69, 9.17) is 11.6 Å². The maximum atomic E-state index is 11.9. The van der Waals surface area contributed by atoms with Crippen LogP contribution in [0.3, 0.4) is 0 Å². The zero-order valence-electron chi connectivity index (χ0n) is 8.55. The van der Waals surface area contributed by atoms with Gasteiger partial charge in [0, 0.05) is 6.07 Å². The van der Waals surface area contributed by atoms with Gasteiger partial charge in [-0.05, 0) is 13.0 Å². The monoisotopic (exact) mass is 269 g/mol. The Morgan fingerprint density at radius 1 is 1.47 bits per heavy atom. The largest absolute Gasteiger partial charge is 0.574 e. The van der Waals surface area contributed by atoms with Crippen LogP contribution in [0.5, 0.6) is 5.88 Å². The van der Waals surface area contributed by atoms with Gasteiger partial charge in [0.15, 0.2) is 0 Å². The molecule has 1 heterocycles. The van der Waals surface area contributed by atoms with E-state index >= 15 is 0 Å². The van der Waals surface area contributed by atoms with Crippen molar-refractivity contribution in [1.29, 1.82) is 0 Å². The van der Waals surface area contributed by atoms with Crippen LogP contribution in [0, 0.1) is 0 Å². The fourth-order valence-corrected chi connectivity index (χ4v) is 1.18. The smallest absolute Gasteiger partial charge is 0.462 e. The fraction of sp³-hybridized carbons (Fsp3) is 0.333. The molecule has 0 aliphatic heterocycles. The molecule has 0 radical (unpaired) electrons. The van der Waals surface area contributed by atoms with Crippen LogP contribution in [0.25, 0.3) is 0 Å². The quantitative estimate of drug-likeness (QED) is 0.625. The summed E-state index contributed by atoms with van der Waals surface area (Å²) in [7, 11) is 0. The number of ether oxygens (including phenoxy) is 2. The van der Waals surface area contributed by atoms with Crippen LogP contribution >= 0.6 is 11.6 Å². The summed E-state index contributed by atoms with van der Waals surface area (Å²) in [5, 5.41) is -0.296. The van der Waals surface area contributed by atoms with Gasteiger partial charge >= 0.3 is 12.3 Å². The molecule has 0 bridgehead atoms. The van der Waals surface area contributed by atoms with Crippen molar-refractivity contribution < 1.29 is 27.4 Å². The first-order chi connectivity index (χ1) is 7.81. The third-order valence-corrected chi connectivity index (χ3v) is 1.70. The van der Waals surface area contributed by atoms with Gasteiger partial charge in [-0.2, -0.15) is 0 Å². The second-order valence-electron chi connectivity index (χ2n) is 2.79. The molecule has 0 spiro atoms. The summed E-state index contributed by atoms with van der Waals surface area (Å²) < 4.78 is 44.0. The molecule has 0 fully saturated rings. The van der Waals surface area contributed by atoms with Gasteiger partial charge in [-0.3, -0.25) is 0 Å². The molecule has 1 rings (SSSR count). The first-order valence-electron chi connectivity index (χ1n) is 4.42. The fourth-order valence-electron chi connectivity index (χ4n) is 0.976. The first kappa shape index (κ1) is 13.6. The summed E-state index contributed by atoms with van der Waals surface area (Å²) in [5.74, 6) is -1.61. The van der Waals surface area contributed by atoms with Gasteiger partial charge in [0.2, 0.25) is 5.88 Å². The zero-order valence-corrected chi connectivity index (χ0v) is 9.30. The van der Waals surface area contributed by atoms with Crippen molar-refractivity contribution in [3.63, 3.8) is 0 Å². The number of hydrogen-bond donors (Lipinski definition) is 0. The first-order valence-corrected chi connectivity index (χ1v) is 4.80. The minimum absolute atomic E-state index is 0.0915. The van der Waals surface area contributed by atoms with E-state index in [1.807, 2.05) is 0 Å². The molecule has 1 aromatic heterocycles. The van der Waals surface area contributed by atoms with Crippen LogP contribution in [-0.2, 0) is 4.74 Å². The SMILES string of the molecule is CCOC(=O)c1cc(Cl)nc(OC(F)(F)F)c1. The number of aromatic nitrogens is 1. The van der Waals surface area contributed by atoms with E-state index in [2.05, 4.69) is 14.5 Å². The molecule has 0 saturated heterocycles. The summed E-state index contributed by atoms with van der Waals surface area (Å²) in [6.45, 7) is 1.65. The van der Waals surface area contributed by atoms with Crippen LogP contribution in [0.2, 0.25) is 5.15 Å². The van der Waals surface area contributed by atoms with E-state index in [0.717, 1.165) is 12.1 Å². The number of carbonyl (C=O) groups is 1. The van der Waals surface area contributed by atoms with Gasteiger partial charge in [0.05, 0.1) is 12.2 Å². The molecule has 0 aromatic carbocycles. The molecule has 0 saturated carbocycles. The lowest BCUT2D eigenvalue weighted by atomic mass is 10.3. The van der Waals surface area contributed by atoms with E-state index in [-0.39, 0.29) is 17.3 Å². The Morgan fingerprint density at radius 3 is 2.65 bits per heavy atom. The average molecular weight is 270 g/mol. The number of esters is 1. The number of alkyl halides is 3. The van der Waals surface area contributed by atoms with E-state index in [0.29, 0.717) is 0 Å². The summed E-state index contributed by atoms with van der Waals surface area (Å²) in [5.41, 5.74) is -0.161. The molecule has 0 amide bonds. The van der Waals surface area contributed by atoms with Gasteiger partial charge in [0.1, 0.15) is 5.15 Å². The lowest BCUT2D eigenvalue weighted by Gasteiger charge is -2.09. The van der Waals surface area contributed by atoms with E-state index in [1.54, 1.807) is 6.92 Å². The van der Waals surface area contributed by atoms with Gasteiger partial charge in [-0.15, -0.1) is 13.2 Å². The maximum absolute atomic E-state index is 11.9. The number of rotatable bonds is 3. The molecule has 0 unspecified atom stereocenters. The normalized spacial score (nSPS) is 11.1. The predicted octanol–water partition coefficient (Wildman–Crippen LogP) is 2.81. The highest BCUT2D eigenvalue weighted by molar-refractivity contribution is 6.29. The summed E-state index contributed by atoms with van der Waals surface area (Å²) >= 11 is 5.46. The molecule has 0 N–H and O–H groups in total. The zero-order chi connectivity index (χ0) is 13.1. The van der Waals surface area contributed by atoms with Gasteiger partial charge in [0.25, 0.3) is 0 Å². The van der Waals surface area contributed by atoms with Crippen LogP contribution in [0.1, 0.15) is 17.3 Å². The molecule has 1 aromatic rings. The Hall–Kier alpha value is -1.50. The summed E-state index contributed by atoms with van der Waals surface area (Å²) in [6.07, 6.45) is -4.90. The highest BCUT2D eigenvalue weighted by Gasteiger charge is 2.32. The molecule has 17 heavy (non-hydrogen) atoms. The number of carbonyl (C=O) groups excluding carboxylic acids is 1. The van der Waals surface area contributed by atoms with Crippen molar-refractivity contribution >= 4 is 17.6 Å². The topological polar surface area (TPSA) is 48.4 Å². The minimum Gasteiger partial charge on any atom is -0.462 e. The van der Waals surface area contributed by atoms with Gasteiger partial charge in [-0.1, -0.05) is 11.6 Å². The Bertz CT molecular complexity index is 422. The third kappa shape index (κ3) is 4.48. The van der Waals surface area contributed by atoms with E-state index < -0.39 is 18.2 Å². The molecule has 8 heteroatoms. The van der Waals surface area contributed by atoms with Gasteiger partial charge in [-0.25, -0.2) is 9.78 Å². The lowest BCUT2D eigenvalue weighted by molar-refractivity contribution is -0.276. The molecule has 0 aliphatic rings. The Labute approximate surface area is 99.3 Å². The Balaban J connectivity index is 2.98. The number of halogens is 4. The lowest BCUT2D eigenvalue weighted by Crippen LogP contribution is -2.18. The van der Waals surface area contributed by atoms with Crippen molar-refractivity contribution in [2.75, 3.05) is 6.61 Å². The predicted molar refractivity (Wildman–Crippen MR) is 51.9 cm³/mol. The van der Waals surface area contributed by atoms with Crippen molar-refractivity contribution in [1.82, 2.24) is 4.98 Å². The second kappa shape index (κ2) is 5.22. The van der Waals surface area contributed by atoms with E-state index in [1.165, 1.54) is 0 Å². The van der Waals surface area contributed by atoms with Crippen molar-refractivity contribution in [3.8, 4) is 5.88 Å². The van der Waals surface area contributed by atoms with Crippen LogP contribution in [0.15, 0.2) is 12.1 Å².